The third kappa shape index (κ3) is 3.84. The zero-order valence-electron chi connectivity index (χ0n) is 15.3. The molecule has 8 heteroatoms. The van der Waals surface area contributed by atoms with Gasteiger partial charge in [0.15, 0.2) is 0 Å². The SMILES string of the molecule is Cc1cc(N2CCN(C(=O)Cn3cc(C)c(=O)[nH]c3=O)CC2)cc(C)n1. The zero-order valence-corrected chi connectivity index (χ0v) is 15.3. The number of hydrogen-bond donors (Lipinski definition) is 1. The Hall–Kier alpha value is -2.90. The highest BCUT2D eigenvalue weighted by atomic mass is 16.2. The number of amides is 1. The summed E-state index contributed by atoms with van der Waals surface area (Å²) in [6.07, 6.45) is 1.43. The van der Waals surface area contributed by atoms with Crippen LogP contribution in [0.3, 0.4) is 0 Å². The number of aromatic nitrogens is 3. The summed E-state index contributed by atoms with van der Waals surface area (Å²) in [5.74, 6) is -0.125. The highest BCUT2D eigenvalue weighted by molar-refractivity contribution is 5.76. The third-order valence-corrected chi connectivity index (χ3v) is 4.56. The number of aromatic amines is 1. The Morgan fingerprint density at radius 2 is 1.69 bits per heavy atom. The van der Waals surface area contributed by atoms with E-state index in [2.05, 4.69) is 14.9 Å². The van der Waals surface area contributed by atoms with Crippen molar-refractivity contribution in [2.75, 3.05) is 31.1 Å². The standard InChI is InChI=1S/C18H23N5O3/c1-12-10-23(18(26)20-17(12)25)11-16(24)22-6-4-21(5-7-22)15-8-13(2)19-14(3)9-15/h8-10H,4-7,11H2,1-3H3,(H,20,25,26). The van der Waals surface area contributed by atoms with E-state index in [0.29, 0.717) is 18.7 Å². The number of nitrogens with zero attached hydrogens (tertiary/aromatic N) is 4. The highest BCUT2D eigenvalue weighted by Gasteiger charge is 2.22. The van der Waals surface area contributed by atoms with Crippen molar-refractivity contribution in [2.45, 2.75) is 27.3 Å². The summed E-state index contributed by atoms with van der Waals surface area (Å²) in [5.41, 5.74) is 2.50. The number of pyridine rings is 1. The van der Waals surface area contributed by atoms with Gasteiger partial charge in [-0.05, 0) is 32.9 Å². The number of carbonyl (C=O) groups is 1. The monoisotopic (exact) mass is 357 g/mol. The van der Waals surface area contributed by atoms with Crippen molar-refractivity contribution in [3.63, 3.8) is 0 Å². The molecule has 1 fully saturated rings. The molecule has 1 aliphatic heterocycles. The number of anilines is 1. The average molecular weight is 357 g/mol. The van der Waals surface area contributed by atoms with E-state index in [1.807, 2.05) is 26.0 Å². The van der Waals surface area contributed by atoms with Crippen molar-refractivity contribution >= 4 is 11.6 Å². The van der Waals surface area contributed by atoms with E-state index in [4.69, 9.17) is 0 Å². The van der Waals surface area contributed by atoms with Crippen molar-refractivity contribution < 1.29 is 4.79 Å². The predicted octanol–water partition coefficient (Wildman–Crippen LogP) is 0.206. The van der Waals surface area contributed by atoms with E-state index in [-0.39, 0.29) is 12.5 Å². The van der Waals surface area contributed by atoms with Crippen molar-refractivity contribution in [1.82, 2.24) is 19.4 Å². The minimum absolute atomic E-state index is 0.0655. The molecule has 26 heavy (non-hydrogen) atoms. The molecular formula is C18H23N5O3. The second kappa shape index (κ2) is 7.15. The average Bonchev–Trinajstić information content (AvgIpc) is 2.59. The van der Waals surface area contributed by atoms with Gasteiger partial charge < -0.3 is 9.80 Å². The van der Waals surface area contributed by atoms with Crippen molar-refractivity contribution in [3.05, 3.63) is 56.1 Å². The van der Waals surface area contributed by atoms with Gasteiger partial charge in [0.2, 0.25) is 5.91 Å². The zero-order chi connectivity index (χ0) is 18.8. The fourth-order valence-corrected chi connectivity index (χ4v) is 3.19. The molecule has 0 aromatic carbocycles. The number of nitrogens with one attached hydrogen (secondary N) is 1. The van der Waals surface area contributed by atoms with Crippen LogP contribution in [0.4, 0.5) is 5.69 Å². The Morgan fingerprint density at radius 1 is 1.08 bits per heavy atom. The van der Waals surface area contributed by atoms with Crippen LogP contribution in [0.5, 0.6) is 0 Å². The van der Waals surface area contributed by atoms with Gasteiger partial charge in [-0.1, -0.05) is 0 Å². The van der Waals surface area contributed by atoms with Crippen LogP contribution in [0.1, 0.15) is 17.0 Å². The molecular weight excluding hydrogens is 334 g/mol. The van der Waals surface area contributed by atoms with Crippen LogP contribution in [0, 0.1) is 20.8 Å². The van der Waals surface area contributed by atoms with E-state index in [0.717, 1.165) is 30.2 Å². The lowest BCUT2D eigenvalue weighted by molar-refractivity contribution is -0.132. The predicted molar refractivity (Wildman–Crippen MR) is 98.6 cm³/mol. The van der Waals surface area contributed by atoms with E-state index in [1.54, 1.807) is 11.8 Å². The molecule has 2 aromatic heterocycles. The molecule has 1 saturated heterocycles. The van der Waals surface area contributed by atoms with Gasteiger partial charge in [-0.2, -0.15) is 0 Å². The molecule has 0 saturated carbocycles. The first-order valence-corrected chi connectivity index (χ1v) is 8.62. The Bertz CT molecular complexity index is 918. The molecule has 0 radical (unpaired) electrons. The van der Waals surface area contributed by atoms with E-state index >= 15 is 0 Å². The normalized spacial score (nSPS) is 14.6. The first kappa shape index (κ1) is 17.9. The maximum absolute atomic E-state index is 12.5. The smallest absolute Gasteiger partial charge is 0.328 e. The molecule has 3 heterocycles. The van der Waals surface area contributed by atoms with Crippen LogP contribution in [0.15, 0.2) is 27.9 Å². The number of piperazine rings is 1. The maximum Gasteiger partial charge on any atom is 0.328 e. The molecule has 2 aromatic rings. The van der Waals surface area contributed by atoms with E-state index < -0.39 is 11.2 Å². The van der Waals surface area contributed by atoms with Gasteiger partial charge in [-0.25, -0.2) is 4.79 Å². The Morgan fingerprint density at radius 3 is 2.31 bits per heavy atom. The molecule has 1 N–H and O–H groups in total. The molecule has 1 aliphatic rings. The van der Waals surface area contributed by atoms with Gasteiger partial charge >= 0.3 is 5.69 Å². The minimum atomic E-state index is -0.560. The largest absolute Gasteiger partial charge is 0.368 e. The van der Waals surface area contributed by atoms with Crippen LogP contribution in [-0.2, 0) is 11.3 Å². The minimum Gasteiger partial charge on any atom is -0.368 e. The third-order valence-electron chi connectivity index (χ3n) is 4.56. The summed E-state index contributed by atoms with van der Waals surface area (Å²) < 4.78 is 1.25. The van der Waals surface area contributed by atoms with Crippen LogP contribution in [-0.4, -0.2) is 51.5 Å². The summed E-state index contributed by atoms with van der Waals surface area (Å²) >= 11 is 0. The number of rotatable bonds is 3. The number of hydrogen-bond acceptors (Lipinski definition) is 5. The van der Waals surface area contributed by atoms with E-state index in [1.165, 1.54) is 10.8 Å². The molecule has 0 atom stereocenters. The fraction of sp³-hybridized carbons (Fsp3) is 0.444. The first-order valence-electron chi connectivity index (χ1n) is 8.62. The second-order valence-corrected chi connectivity index (χ2v) is 6.68. The summed E-state index contributed by atoms with van der Waals surface area (Å²) in [6.45, 7) is 8.13. The van der Waals surface area contributed by atoms with Gasteiger partial charge in [0.25, 0.3) is 5.56 Å². The van der Waals surface area contributed by atoms with E-state index in [9.17, 15) is 14.4 Å². The molecule has 8 nitrogen and oxygen atoms in total. The highest BCUT2D eigenvalue weighted by Crippen LogP contribution is 2.18. The lowest BCUT2D eigenvalue weighted by Gasteiger charge is -2.36. The molecule has 1 amide bonds. The first-order chi connectivity index (χ1) is 12.3. The van der Waals surface area contributed by atoms with Gasteiger partial charge in [-0.3, -0.25) is 24.1 Å². The molecule has 138 valence electrons. The lowest BCUT2D eigenvalue weighted by Crippen LogP contribution is -2.50. The van der Waals surface area contributed by atoms with Crippen molar-refractivity contribution in [1.29, 1.82) is 0 Å². The molecule has 0 unspecified atom stereocenters. The Kier molecular flexibility index (Phi) is 4.92. The summed E-state index contributed by atoms with van der Waals surface area (Å²) in [7, 11) is 0. The lowest BCUT2D eigenvalue weighted by atomic mass is 10.2. The Labute approximate surface area is 151 Å². The van der Waals surface area contributed by atoms with Crippen LogP contribution in [0.2, 0.25) is 0 Å². The summed E-state index contributed by atoms with van der Waals surface area (Å²) in [4.78, 5) is 46.4. The number of aryl methyl sites for hydroxylation is 3. The summed E-state index contributed by atoms with van der Waals surface area (Å²) in [6, 6.07) is 4.10. The van der Waals surface area contributed by atoms with Gasteiger partial charge in [0.05, 0.1) is 0 Å². The molecule has 0 spiro atoms. The van der Waals surface area contributed by atoms with Crippen molar-refractivity contribution in [2.24, 2.45) is 0 Å². The van der Waals surface area contributed by atoms with Crippen LogP contribution < -0.4 is 16.1 Å². The quantitative estimate of drug-likeness (QED) is 0.848. The molecule has 0 aliphatic carbocycles. The van der Waals surface area contributed by atoms with Gasteiger partial charge in [0, 0.05) is 55.0 Å². The fourth-order valence-electron chi connectivity index (χ4n) is 3.19. The maximum atomic E-state index is 12.5. The second-order valence-electron chi connectivity index (χ2n) is 6.68. The van der Waals surface area contributed by atoms with Gasteiger partial charge in [-0.15, -0.1) is 0 Å². The molecule has 0 bridgehead atoms. The molecule has 3 rings (SSSR count). The summed E-state index contributed by atoms with van der Waals surface area (Å²) in [5, 5.41) is 0. The Balaban J connectivity index is 1.64. The van der Waals surface area contributed by atoms with Gasteiger partial charge in [0.1, 0.15) is 6.54 Å². The van der Waals surface area contributed by atoms with Crippen LogP contribution in [0.25, 0.3) is 0 Å². The topological polar surface area (TPSA) is 91.3 Å². The van der Waals surface area contributed by atoms with Crippen molar-refractivity contribution in [3.8, 4) is 0 Å². The van der Waals surface area contributed by atoms with Crippen LogP contribution >= 0.6 is 0 Å². The number of H-pyrrole nitrogens is 1. The number of carbonyl (C=O) groups excluding carboxylic acids is 1.